The summed E-state index contributed by atoms with van der Waals surface area (Å²) < 4.78 is 5.77. The van der Waals surface area contributed by atoms with Gasteiger partial charge in [0.2, 0.25) is 0 Å². The lowest BCUT2D eigenvalue weighted by Gasteiger charge is -2.14. The Hall–Kier alpha value is -1.95. The van der Waals surface area contributed by atoms with Gasteiger partial charge in [0, 0.05) is 17.3 Å². The molecule has 0 aromatic carbocycles. The predicted octanol–water partition coefficient (Wildman–Crippen LogP) is 2.32. The van der Waals surface area contributed by atoms with Crippen molar-refractivity contribution in [2.75, 3.05) is 5.32 Å². The maximum absolute atomic E-state index is 7.80. The summed E-state index contributed by atoms with van der Waals surface area (Å²) >= 11 is 0. The Balaban J connectivity index is 1.98. The van der Waals surface area contributed by atoms with Crippen LogP contribution in [-0.2, 0) is 0 Å². The number of nitrogens with two attached hydrogens (primary N) is 1. The molecule has 1 aromatic heterocycles. The maximum Gasteiger partial charge on any atom is 0.190 e. The molecule has 1 aliphatic carbocycles. The molecular weight excluding hydrogens is 266 g/mol. The monoisotopic (exact) mass is 287 g/mol. The van der Waals surface area contributed by atoms with Gasteiger partial charge in [-0.15, -0.1) is 0 Å². The minimum atomic E-state index is -0.582. The highest BCUT2D eigenvalue weighted by atomic mass is 16.5. The number of aromatic nitrogens is 2. The lowest BCUT2D eigenvalue weighted by Crippen LogP contribution is -2.25. The van der Waals surface area contributed by atoms with Crippen molar-refractivity contribution in [1.82, 2.24) is 9.97 Å². The minimum Gasteiger partial charge on any atom is -0.465 e. The number of hydrogen-bond acceptors (Lipinski definition) is 6. The van der Waals surface area contributed by atoms with Crippen LogP contribution in [0.1, 0.15) is 45.2 Å². The zero-order valence-electron chi connectivity index (χ0n) is 12.4. The summed E-state index contributed by atoms with van der Waals surface area (Å²) in [4.78, 5) is 8.63. The van der Waals surface area contributed by atoms with Crippen LogP contribution in [0.15, 0.2) is 11.9 Å². The van der Waals surface area contributed by atoms with Gasteiger partial charge < -0.3 is 15.5 Å². The summed E-state index contributed by atoms with van der Waals surface area (Å²) in [5.41, 5.74) is 8.85. The topological polar surface area (TPSA) is 96.9 Å². The average Bonchev–Trinajstić information content (AvgIpc) is 3.05. The van der Waals surface area contributed by atoms with Gasteiger partial charge in [-0.1, -0.05) is 12.8 Å². The Morgan fingerprint density at radius 1 is 1.33 bits per heavy atom. The number of fused-ring (bicyclic) bond motifs is 1. The van der Waals surface area contributed by atoms with Crippen LogP contribution >= 0.6 is 0 Å². The maximum atomic E-state index is 7.80. The molecule has 1 aromatic rings. The first kappa shape index (κ1) is 14.0. The summed E-state index contributed by atoms with van der Waals surface area (Å²) in [7, 11) is 0. The SMILES string of the molecule is CC(=N)/C(C)=C1/c2ncnc(NC3CCCC3)c2OC1N. The molecule has 6 heteroatoms. The second kappa shape index (κ2) is 5.44. The van der Waals surface area contributed by atoms with Crippen LogP contribution in [0, 0.1) is 5.41 Å². The van der Waals surface area contributed by atoms with E-state index in [2.05, 4.69) is 15.3 Å². The number of anilines is 1. The molecule has 0 radical (unpaired) electrons. The zero-order valence-corrected chi connectivity index (χ0v) is 12.4. The molecule has 6 nitrogen and oxygen atoms in total. The second-order valence-electron chi connectivity index (χ2n) is 5.73. The molecule has 2 heterocycles. The van der Waals surface area contributed by atoms with Gasteiger partial charge in [-0.05, 0) is 32.3 Å². The van der Waals surface area contributed by atoms with Crippen molar-refractivity contribution in [3.8, 4) is 5.75 Å². The number of nitrogens with zero attached hydrogens (tertiary/aromatic N) is 2. The van der Waals surface area contributed by atoms with Crippen molar-refractivity contribution in [3.63, 3.8) is 0 Å². The summed E-state index contributed by atoms with van der Waals surface area (Å²) in [5, 5.41) is 11.2. The molecule has 0 bridgehead atoms. The molecule has 21 heavy (non-hydrogen) atoms. The second-order valence-corrected chi connectivity index (χ2v) is 5.73. The van der Waals surface area contributed by atoms with Crippen molar-refractivity contribution >= 4 is 17.1 Å². The highest BCUT2D eigenvalue weighted by Gasteiger charge is 2.33. The van der Waals surface area contributed by atoms with Crippen molar-refractivity contribution in [2.45, 2.75) is 51.8 Å². The first-order valence-corrected chi connectivity index (χ1v) is 7.38. The van der Waals surface area contributed by atoms with Gasteiger partial charge in [-0.25, -0.2) is 9.97 Å². The fourth-order valence-electron chi connectivity index (χ4n) is 2.96. The first-order valence-electron chi connectivity index (χ1n) is 7.38. The molecular formula is C15H21N5O. The molecule has 3 rings (SSSR count). The van der Waals surface area contributed by atoms with E-state index in [1.54, 1.807) is 6.92 Å². The molecule has 1 fully saturated rings. The highest BCUT2D eigenvalue weighted by molar-refractivity contribution is 6.04. The molecule has 0 saturated heterocycles. The van der Waals surface area contributed by atoms with Crippen LogP contribution in [-0.4, -0.2) is 27.9 Å². The van der Waals surface area contributed by atoms with Crippen molar-refractivity contribution in [1.29, 1.82) is 5.41 Å². The number of allylic oxidation sites excluding steroid dienone is 1. The van der Waals surface area contributed by atoms with Gasteiger partial charge in [-0.2, -0.15) is 0 Å². The van der Waals surface area contributed by atoms with E-state index in [-0.39, 0.29) is 0 Å². The quantitative estimate of drug-likeness (QED) is 0.741. The van der Waals surface area contributed by atoms with Gasteiger partial charge >= 0.3 is 0 Å². The average molecular weight is 287 g/mol. The minimum absolute atomic E-state index is 0.447. The normalized spacial score (nSPS) is 23.7. The van der Waals surface area contributed by atoms with Crippen LogP contribution in [0.2, 0.25) is 0 Å². The van der Waals surface area contributed by atoms with Crippen LogP contribution < -0.4 is 15.8 Å². The number of ether oxygens (including phenoxy) is 1. The van der Waals surface area contributed by atoms with Crippen LogP contribution in [0.3, 0.4) is 0 Å². The Labute approximate surface area is 124 Å². The molecule has 1 unspecified atom stereocenters. The zero-order chi connectivity index (χ0) is 15.0. The van der Waals surface area contributed by atoms with Crippen molar-refractivity contribution in [3.05, 3.63) is 17.6 Å². The summed E-state index contributed by atoms with van der Waals surface area (Å²) in [6.07, 6.45) is 5.77. The fraction of sp³-hybridized carbons (Fsp3) is 0.533. The van der Waals surface area contributed by atoms with Gasteiger partial charge in [0.05, 0.1) is 0 Å². The lowest BCUT2D eigenvalue weighted by molar-refractivity contribution is 0.284. The molecule has 1 aliphatic heterocycles. The summed E-state index contributed by atoms with van der Waals surface area (Å²) in [6, 6.07) is 0.447. The van der Waals surface area contributed by atoms with Gasteiger partial charge in [-0.3, -0.25) is 5.73 Å². The lowest BCUT2D eigenvalue weighted by atomic mass is 10.0. The molecule has 112 valence electrons. The van der Waals surface area contributed by atoms with Crippen LogP contribution in [0.4, 0.5) is 5.82 Å². The molecule has 0 spiro atoms. The van der Waals surface area contributed by atoms with Crippen molar-refractivity contribution in [2.24, 2.45) is 5.73 Å². The predicted molar refractivity (Wildman–Crippen MR) is 82.5 cm³/mol. The van der Waals surface area contributed by atoms with Gasteiger partial charge in [0.15, 0.2) is 17.8 Å². The van der Waals surface area contributed by atoms with E-state index in [9.17, 15) is 0 Å². The molecule has 2 aliphatic rings. The standard InChI is InChI=1S/C15H21N5O/c1-8(9(2)16)11-12-13(21-14(11)17)15(19-7-18-12)20-10-5-3-4-6-10/h7,10,14,16H,3-6,17H2,1-2H3,(H,18,19,20)/b11-8-,16-9?. The van der Waals surface area contributed by atoms with Crippen molar-refractivity contribution < 1.29 is 4.74 Å². The third kappa shape index (κ3) is 2.51. The Kier molecular flexibility index (Phi) is 3.63. The fourth-order valence-corrected chi connectivity index (χ4v) is 2.96. The van der Waals surface area contributed by atoms with E-state index in [4.69, 9.17) is 15.9 Å². The number of rotatable bonds is 3. The summed E-state index contributed by atoms with van der Waals surface area (Å²) in [5.74, 6) is 1.33. The van der Waals surface area contributed by atoms with Crippen LogP contribution in [0.25, 0.3) is 5.57 Å². The molecule has 0 amide bonds. The molecule has 1 saturated carbocycles. The number of hydrogen-bond donors (Lipinski definition) is 3. The van der Waals surface area contributed by atoms with E-state index < -0.39 is 6.23 Å². The summed E-state index contributed by atoms with van der Waals surface area (Å²) in [6.45, 7) is 3.62. The smallest absolute Gasteiger partial charge is 0.190 e. The highest BCUT2D eigenvalue weighted by Crippen LogP contribution is 2.41. The van der Waals surface area contributed by atoms with E-state index in [0.29, 0.717) is 29.0 Å². The first-order chi connectivity index (χ1) is 10.1. The molecule has 4 N–H and O–H groups in total. The Morgan fingerprint density at radius 3 is 2.71 bits per heavy atom. The van der Waals surface area contributed by atoms with E-state index in [1.165, 1.54) is 19.2 Å². The van der Waals surface area contributed by atoms with E-state index in [0.717, 1.165) is 24.0 Å². The Bertz CT molecular complexity index is 604. The third-order valence-electron chi connectivity index (χ3n) is 4.25. The van der Waals surface area contributed by atoms with Crippen LogP contribution in [0.5, 0.6) is 5.75 Å². The Morgan fingerprint density at radius 2 is 2.05 bits per heavy atom. The van der Waals surface area contributed by atoms with Gasteiger partial charge in [0.25, 0.3) is 0 Å². The number of nitrogens with one attached hydrogen (secondary N) is 2. The molecule has 1 atom stereocenters. The third-order valence-corrected chi connectivity index (χ3v) is 4.25. The van der Waals surface area contributed by atoms with Gasteiger partial charge in [0.1, 0.15) is 12.0 Å². The largest absolute Gasteiger partial charge is 0.465 e. The van der Waals surface area contributed by atoms with E-state index in [1.807, 2.05) is 6.92 Å². The van der Waals surface area contributed by atoms with E-state index >= 15 is 0 Å².